The molecule has 1 heterocycles. The van der Waals surface area contributed by atoms with Gasteiger partial charge in [0.25, 0.3) is 0 Å². The molecule has 3 rings (SSSR count). The molecule has 2 aromatic carbocycles. The number of benzene rings is 2. The highest BCUT2D eigenvalue weighted by Gasteiger charge is 2.16. The molecule has 0 saturated heterocycles. The van der Waals surface area contributed by atoms with Gasteiger partial charge in [-0.15, -0.1) is 0 Å². The molecule has 8 nitrogen and oxygen atoms in total. The van der Waals surface area contributed by atoms with Crippen LogP contribution in [0.15, 0.2) is 48.8 Å². The van der Waals surface area contributed by atoms with E-state index in [0.717, 1.165) is 5.69 Å². The Kier molecular flexibility index (Phi) is 6.61. The van der Waals surface area contributed by atoms with E-state index in [-0.39, 0.29) is 11.4 Å². The molecule has 0 radical (unpaired) electrons. The Morgan fingerprint density at radius 3 is 2.48 bits per heavy atom. The first-order valence-corrected chi connectivity index (χ1v) is 9.63. The highest BCUT2D eigenvalue weighted by Crippen LogP contribution is 2.29. The van der Waals surface area contributed by atoms with Crippen LogP contribution in [0.5, 0.6) is 0 Å². The Balaban J connectivity index is 1.76. The van der Waals surface area contributed by atoms with Crippen LogP contribution in [-0.2, 0) is 4.79 Å². The molecule has 9 heteroatoms. The number of hydrogen-bond acceptors (Lipinski definition) is 5. The lowest BCUT2D eigenvalue weighted by Crippen LogP contribution is -2.18. The van der Waals surface area contributed by atoms with E-state index in [2.05, 4.69) is 20.6 Å². The van der Waals surface area contributed by atoms with Crippen molar-refractivity contribution in [2.75, 3.05) is 10.6 Å². The lowest BCUT2D eigenvalue weighted by molar-refractivity contribution is -0.115. The zero-order chi connectivity index (χ0) is 22.5. The summed E-state index contributed by atoms with van der Waals surface area (Å²) in [4.78, 5) is 44.6. The van der Waals surface area contributed by atoms with Gasteiger partial charge in [0, 0.05) is 22.3 Å². The molecular formula is C22H19ClN4O4. The maximum atomic E-state index is 12.6. The number of aryl methyl sites for hydroxylation is 2. The van der Waals surface area contributed by atoms with Crippen LogP contribution in [0.4, 0.5) is 16.2 Å². The van der Waals surface area contributed by atoms with Gasteiger partial charge < -0.3 is 10.4 Å². The number of ketones is 1. The Bertz CT molecular complexity index is 1180. The number of carboxylic acid groups (broad SMARTS) is 1. The van der Waals surface area contributed by atoms with Crippen LogP contribution in [0.25, 0.3) is 11.3 Å². The molecule has 0 saturated carbocycles. The minimum Gasteiger partial charge on any atom is -0.465 e. The van der Waals surface area contributed by atoms with Gasteiger partial charge in [0.15, 0.2) is 5.78 Å². The van der Waals surface area contributed by atoms with Crippen LogP contribution in [0.1, 0.15) is 28.0 Å². The summed E-state index contributed by atoms with van der Waals surface area (Å²) in [5, 5.41) is 14.1. The summed E-state index contributed by atoms with van der Waals surface area (Å²) in [5.41, 5.74) is 3.39. The molecular weight excluding hydrogens is 420 g/mol. The minimum absolute atomic E-state index is 0.162. The highest BCUT2D eigenvalue weighted by molar-refractivity contribution is 6.32. The fourth-order valence-electron chi connectivity index (χ4n) is 2.90. The van der Waals surface area contributed by atoms with Gasteiger partial charge in [0.05, 0.1) is 35.4 Å². The summed E-state index contributed by atoms with van der Waals surface area (Å²) < 4.78 is 0. The summed E-state index contributed by atoms with van der Waals surface area (Å²) in [6.07, 6.45) is 1.51. The molecule has 0 spiro atoms. The van der Waals surface area contributed by atoms with Crippen molar-refractivity contribution in [3.05, 3.63) is 70.6 Å². The average molecular weight is 439 g/mol. The first kappa shape index (κ1) is 21.9. The lowest BCUT2D eigenvalue weighted by atomic mass is 10.0. The van der Waals surface area contributed by atoms with Crippen molar-refractivity contribution in [3.8, 4) is 11.3 Å². The smallest absolute Gasteiger partial charge is 0.409 e. The molecule has 2 amide bonds. The molecule has 3 N–H and O–H groups in total. The third kappa shape index (κ3) is 5.64. The van der Waals surface area contributed by atoms with Crippen molar-refractivity contribution < 1.29 is 19.5 Å². The maximum absolute atomic E-state index is 12.6. The number of carbonyl (C=O) groups excluding carboxylic acids is 2. The van der Waals surface area contributed by atoms with Crippen molar-refractivity contribution in [2.45, 2.75) is 20.3 Å². The third-order valence-electron chi connectivity index (χ3n) is 4.37. The van der Waals surface area contributed by atoms with Crippen molar-refractivity contribution in [3.63, 3.8) is 0 Å². The second kappa shape index (κ2) is 9.36. The summed E-state index contributed by atoms with van der Waals surface area (Å²) in [5.74, 6) is -0.995. The molecule has 0 unspecified atom stereocenters. The molecule has 0 aliphatic carbocycles. The second-order valence-corrected chi connectivity index (χ2v) is 7.26. The predicted molar refractivity (Wildman–Crippen MR) is 118 cm³/mol. The summed E-state index contributed by atoms with van der Waals surface area (Å²) in [6, 6.07) is 9.71. The molecule has 31 heavy (non-hydrogen) atoms. The van der Waals surface area contributed by atoms with Gasteiger partial charge >= 0.3 is 6.09 Å². The fourth-order valence-corrected chi connectivity index (χ4v) is 3.06. The van der Waals surface area contributed by atoms with Crippen LogP contribution in [0, 0.1) is 13.8 Å². The number of anilines is 2. The second-order valence-electron chi connectivity index (χ2n) is 6.85. The van der Waals surface area contributed by atoms with Gasteiger partial charge in [-0.05, 0) is 37.6 Å². The Hall–Kier alpha value is -3.78. The number of nitrogens with zero attached hydrogens (tertiary/aromatic N) is 2. The minimum atomic E-state index is -1.29. The van der Waals surface area contributed by atoms with Crippen molar-refractivity contribution in [1.82, 2.24) is 9.97 Å². The number of aromatic nitrogens is 2. The largest absolute Gasteiger partial charge is 0.465 e. The third-order valence-corrected chi connectivity index (χ3v) is 4.78. The summed E-state index contributed by atoms with van der Waals surface area (Å²) >= 11 is 6.09. The van der Waals surface area contributed by atoms with E-state index in [1.807, 2.05) is 6.92 Å². The van der Waals surface area contributed by atoms with Crippen LogP contribution in [0.3, 0.4) is 0 Å². The van der Waals surface area contributed by atoms with Crippen molar-refractivity contribution in [1.29, 1.82) is 0 Å². The standard InChI is InChI=1S/C22H19ClN4O4/c1-12-6-17(27-22(30)31)18(8-16(12)23)26-21(29)9-20(28)15-5-3-4-14(7-15)19-11-24-10-13(2)25-19/h3-8,10-11,27H,9H2,1-2H3,(H,26,29)(H,30,31). The number of Topliss-reactive ketones (excluding diaryl/α,β-unsaturated/α-hetero) is 1. The Morgan fingerprint density at radius 2 is 1.77 bits per heavy atom. The number of carbonyl (C=O) groups is 3. The molecule has 0 fully saturated rings. The van der Waals surface area contributed by atoms with Gasteiger partial charge in [0.2, 0.25) is 5.91 Å². The molecule has 0 atom stereocenters. The zero-order valence-electron chi connectivity index (χ0n) is 16.8. The molecule has 1 aromatic heterocycles. The monoisotopic (exact) mass is 438 g/mol. The van der Waals surface area contributed by atoms with Crippen molar-refractivity contribution in [2.24, 2.45) is 0 Å². The summed E-state index contributed by atoms with van der Waals surface area (Å²) in [7, 11) is 0. The van der Waals surface area contributed by atoms with Gasteiger partial charge in [-0.1, -0.05) is 29.8 Å². The number of halogens is 1. The fraction of sp³-hybridized carbons (Fsp3) is 0.136. The zero-order valence-corrected chi connectivity index (χ0v) is 17.5. The molecule has 0 bridgehead atoms. The molecule has 3 aromatic rings. The van der Waals surface area contributed by atoms with E-state index in [1.165, 1.54) is 12.1 Å². The number of amides is 2. The van der Waals surface area contributed by atoms with Crippen LogP contribution >= 0.6 is 11.6 Å². The topological polar surface area (TPSA) is 121 Å². The van der Waals surface area contributed by atoms with E-state index >= 15 is 0 Å². The Labute approximate surface area is 183 Å². The van der Waals surface area contributed by atoms with Gasteiger partial charge in [0.1, 0.15) is 0 Å². The average Bonchev–Trinajstić information content (AvgIpc) is 2.71. The van der Waals surface area contributed by atoms with Crippen LogP contribution < -0.4 is 10.6 Å². The normalized spacial score (nSPS) is 10.4. The van der Waals surface area contributed by atoms with Crippen LogP contribution in [-0.4, -0.2) is 32.9 Å². The Morgan fingerprint density at radius 1 is 1.03 bits per heavy atom. The first-order chi connectivity index (χ1) is 14.7. The van der Waals surface area contributed by atoms with E-state index in [4.69, 9.17) is 16.7 Å². The van der Waals surface area contributed by atoms with Gasteiger partial charge in [-0.2, -0.15) is 0 Å². The van der Waals surface area contributed by atoms with Gasteiger partial charge in [-0.3, -0.25) is 19.9 Å². The van der Waals surface area contributed by atoms with E-state index in [0.29, 0.717) is 27.4 Å². The van der Waals surface area contributed by atoms with E-state index in [9.17, 15) is 14.4 Å². The van der Waals surface area contributed by atoms with E-state index < -0.39 is 24.2 Å². The first-order valence-electron chi connectivity index (χ1n) is 9.25. The lowest BCUT2D eigenvalue weighted by Gasteiger charge is -2.13. The maximum Gasteiger partial charge on any atom is 0.409 e. The summed E-state index contributed by atoms with van der Waals surface area (Å²) in [6.45, 7) is 3.52. The number of nitrogens with one attached hydrogen (secondary N) is 2. The molecule has 0 aliphatic heterocycles. The number of hydrogen-bond donors (Lipinski definition) is 3. The SMILES string of the molecule is Cc1cncc(-c2cccc(C(=O)CC(=O)Nc3cc(Cl)c(C)cc3NC(=O)O)c2)n1. The predicted octanol–water partition coefficient (Wildman–Crippen LogP) is 4.72. The molecule has 158 valence electrons. The van der Waals surface area contributed by atoms with E-state index in [1.54, 1.807) is 43.6 Å². The number of rotatable bonds is 6. The highest BCUT2D eigenvalue weighted by atomic mass is 35.5. The quantitative estimate of drug-likeness (QED) is 0.378. The van der Waals surface area contributed by atoms with Crippen LogP contribution in [0.2, 0.25) is 5.02 Å². The van der Waals surface area contributed by atoms with Crippen molar-refractivity contribution >= 4 is 40.8 Å². The van der Waals surface area contributed by atoms with Gasteiger partial charge in [-0.25, -0.2) is 9.78 Å². The molecule has 0 aliphatic rings.